The molecule has 2 N–H and O–H groups in total. The Bertz CT molecular complexity index is 388. The molecule has 0 saturated heterocycles. The molecular formula is C11H14ClN3. The Hall–Kier alpha value is -1.24. The zero-order valence-electron chi connectivity index (χ0n) is 9.06. The molecule has 0 unspecified atom stereocenters. The number of halogens is 1. The number of hydrazine groups is 1. The van der Waals surface area contributed by atoms with E-state index in [9.17, 15) is 0 Å². The molecule has 3 nitrogen and oxygen atoms in total. The van der Waals surface area contributed by atoms with Crippen molar-refractivity contribution >= 4 is 17.3 Å². The lowest BCUT2D eigenvalue weighted by molar-refractivity contribution is 0.465. The van der Waals surface area contributed by atoms with Gasteiger partial charge in [-0.2, -0.15) is 5.26 Å². The first-order valence-electron chi connectivity index (χ1n) is 4.65. The number of rotatable bonds is 2. The molecule has 15 heavy (non-hydrogen) atoms. The van der Waals surface area contributed by atoms with Crippen LogP contribution in [-0.2, 0) is 0 Å². The second-order valence-electron chi connectivity index (χ2n) is 4.30. The predicted octanol–water partition coefficient (Wildman–Crippen LogP) is 2.93. The fourth-order valence-electron chi connectivity index (χ4n) is 0.973. The maximum Gasteiger partial charge on any atom is 0.101 e. The van der Waals surface area contributed by atoms with E-state index in [1.54, 1.807) is 18.2 Å². The molecule has 4 heteroatoms. The third-order valence-corrected chi connectivity index (χ3v) is 1.91. The first-order valence-corrected chi connectivity index (χ1v) is 5.03. The second kappa shape index (κ2) is 4.52. The smallest absolute Gasteiger partial charge is 0.101 e. The van der Waals surface area contributed by atoms with Gasteiger partial charge < -0.3 is 5.43 Å². The van der Waals surface area contributed by atoms with Crippen molar-refractivity contribution in [3.63, 3.8) is 0 Å². The molecule has 0 aliphatic rings. The number of nitriles is 1. The van der Waals surface area contributed by atoms with Gasteiger partial charge in [0.1, 0.15) is 6.07 Å². The zero-order chi connectivity index (χ0) is 11.5. The molecule has 0 atom stereocenters. The molecular weight excluding hydrogens is 210 g/mol. The molecule has 0 fully saturated rings. The molecule has 0 spiro atoms. The van der Waals surface area contributed by atoms with Crippen LogP contribution in [0.15, 0.2) is 18.2 Å². The number of benzene rings is 1. The van der Waals surface area contributed by atoms with E-state index in [4.69, 9.17) is 16.9 Å². The molecule has 0 aromatic heterocycles. The van der Waals surface area contributed by atoms with Crippen LogP contribution in [0.3, 0.4) is 0 Å². The molecule has 1 aromatic rings. The minimum atomic E-state index is -0.0631. The van der Waals surface area contributed by atoms with E-state index in [0.29, 0.717) is 10.6 Å². The first-order chi connectivity index (χ1) is 6.92. The van der Waals surface area contributed by atoms with Gasteiger partial charge in [0, 0.05) is 10.6 Å². The molecule has 0 aliphatic carbocycles. The Balaban J connectivity index is 2.82. The summed E-state index contributed by atoms with van der Waals surface area (Å²) < 4.78 is 0. The maximum absolute atomic E-state index is 8.90. The maximum atomic E-state index is 8.90. The van der Waals surface area contributed by atoms with Crippen molar-refractivity contribution in [1.29, 1.82) is 5.26 Å². The Labute approximate surface area is 95.0 Å². The van der Waals surface area contributed by atoms with Crippen LogP contribution in [0.25, 0.3) is 0 Å². The fourth-order valence-corrected chi connectivity index (χ4v) is 1.14. The van der Waals surface area contributed by atoms with Crippen molar-refractivity contribution in [3.8, 4) is 6.07 Å². The summed E-state index contributed by atoms with van der Waals surface area (Å²) in [6, 6.07) is 7.24. The van der Waals surface area contributed by atoms with E-state index in [2.05, 4.69) is 16.9 Å². The van der Waals surface area contributed by atoms with Crippen molar-refractivity contribution in [2.75, 3.05) is 5.43 Å². The van der Waals surface area contributed by atoms with E-state index in [0.717, 1.165) is 5.69 Å². The van der Waals surface area contributed by atoms with Crippen LogP contribution in [-0.4, -0.2) is 5.54 Å². The van der Waals surface area contributed by atoms with Gasteiger partial charge in [-0.1, -0.05) is 11.6 Å². The van der Waals surface area contributed by atoms with Gasteiger partial charge in [0.25, 0.3) is 0 Å². The van der Waals surface area contributed by atoms with Crippen LogP contribution in [0.5, 0.6) is 0 Å². The first kappa shape index (κ1) is 11.8. The summed E-state index contributed by atoms with van der Waals surface area (Å²) in [6.07, 6.45) is 0. The summed E-state index contributed by atoms with van der Waals surface area (Å²) >= 11 is 5.79. The summed E-state index contributed by atoms with van der Waals surface area (Å²) in [4.78, 5) is 0. The highest BCUT2D eigenvalue weighted by molar-refractivity contribution is 6.30. The van der Waals surface area contributed by atoms with Crippen LogP contribution in [0, 0.1) is 11.3 Å². The van der Waals surface area contributed by atoms with Crippen molar-refractivity contribution in [2.24, 2.45) is 0 Å². The number of anilines is 1. The number of hydrogen-bond acceptors (Lipinski definition) is 3. The zero-order valence-corrected chi connectivity index (χ0v) is 9.81. The normalized spacial score (nSPS) is 10.9. The van der Waals surface area contributed by atoms with Crippen LogP contribution in [0.1, 0.15) is 26.3 Å². The lowest BCUT2D eigenvalue weighted by atomic mass is 10.1. The number of nitrogens with zero attached hydrogens (tertiary/aromatic N) is 1. The molecule has 0 heterocycles. The number of nitrogens with one attached hydrogen (secondary N) is 2. The summed E-state index contributed by atoms with van der Waals surface area (Å²) in [5.74, 6) is 0. The lowest BCUT2D eigenvalue weighted by Crippen LogP contribution is -2.40. The van der Waals surface area contributed by atoms with E-state index in [-0.39, 0.29) is 5.54 Å². The highest BCUT2D eigenvalue weighted by Gasteiger charge is 2.09. The Morgan fingerprint density at radius 3 is 2.53 bits per heavy atom. The Morgan fingerprint density at radius 1 is 1.33 bits per heavy atom. The molecule has 1 rings (SSSR count). The molecule has 0 bridgehead atoms. The molecule has 0 aliphatic heterocycles. The van der Waals surface area contributed by atoms with Crippen LogP contribution in [0.4, 0.5) is 5.69 Å². The van der Waals surface area contributed by atoms with E-state index >= 15 is 0 Å². The fraction of sp³-hybridized carbons (Fsp3) is 0.364. The average molecular weight is 224 g/mol. The van der Waals surface area contributed by atoms with Crippen molar-refractivity contribution in [1.82, 2.24) is 5.43 Å². The van der Waals surface area contributed by atoms with Gasteiger partial charge in [0.15, 0.2) is 0 Å². The SMILES string of the molecule is CC(C)(C)NNc1ccc(Cl)cc1C#N. The Morgan fingerprint density at radius 2 is 2.00 bits per heavy atom. The van der Waals surface area contributed by atoms with E-state index < -0.39 is 0 Å². The molecule has 80 valence electrons. The summed E-state index contributed by atoms with van der Waals surface area (Å²) in [6.45, 7) is 6.09. The average Bonchev–Trinajstić information content (AvgIpc) is 2.14. The van der Waals surface area contributed by atoms with Gasteiger partial charge in [-0.25, -0.2) is 5.43 Å². The third-order valence-electron chi connectivity index (χ3n) is 1.67. The lowest BCUT2D eigenvalue weighted by Gasteiger charge is -2.22. The summed E-state index contributed by atoms with van der Waals surface area (Å²) in [7, 11) is 0. The molecule has 0 saturated carbocycles. The van der Waals surface area contributed by atoms with Crippen LogP contribution >= 0.6 is 11.6 Å². The van der Waals surface area contributed by atoms with Gasteiger partial charge >= 0.3 is 0 Å². The largest absolute Gasteiger partial charge is 0.320 e. The summed E-state index contributed by atoms with van der Waals surface area (Å²) in [5, 5.41) is 9.46. The molecule has 1 aromatic carbocycles. The van der Waals surface area contributed by atoms with Gasteiger partial charge in [-0.05, 0) is 39.0 Å². The third kappa shape index (κ3) is 3.78. The number of hydrogen-bond donors (Lipinski definition) is 2. The van der Waals surface area contributed by atoms with E-state index in [1.807, 2.05) is 20.8 Å². The minimum Gasteiger partial charge on any atom is -0.320 e. The van der Waals surface area contributed by atoms with E-state index in [1.165, 1.54) is 0 Å². The standard InChI is InChI=1S/C11H14ClN3/c1-11(2,3)15-14-10-5-4-9(12)6-8(10)7-13/h4-6,14-15H,1-3H3. The van der Waals surface area contributed by atoms with Gasteiger partial charge in [-0.15, -0.1) is 0 Å². The molecule has 0 radical (unpaired) electrons. The van der Waals surface area contributed by atoms with Crippen LogP contribution < -0.4 is 10.9 Å². The van der Waals surface area contributed by atoms with Gasteiger partial charge in [0.2, 0.25) is 0 Å². The quantitative estimate of drug-likeness (QED) is 0.758. The second-order valence-corrected chi connectivity index (χ2v) is 4.74. The predicted molar refractivity (Wildman–Crippen MR) is 62.7 cm³/mol. The van der Waals surface area contributed by atoms with Crippen LogP contribution in [0.2, 0.25) is 5.02 Å². The highest BCUT2D eigenvalue weighted by Crippen LogP contribution is 2.19. The monoisotopic (exact) mass is 223 g/mol. The minimum absolute atomic E-state index is 0.0631. The van der Waals surface area contributed by atoms with Gasteiger partial charge in [-0.3, -0.25) is 0 Å². The van der Waals surface area contributed by atoms with Crippen molar-refractivity contribution < 1.29 is 0 Å². The van der Waals surface area contributed by atoms with Gasteiger partial charge in [0.05, 0.1) is 11.3 Å². The molecule has 0 amide bonds. The highest BCUT2D eigenvalue weighted by atomic mass is 35.5. The topological polar surface area (TPSA) is 47.8 Å². The van der Waals surface area contributed by atoms with Crippen molar-refractivity contribution in [2.45, 2.75) is 26.3 Å². The van der Waals surface area contributed by atoms with Crippen molar-refractivity contribution in [3.05, 3.63) is 28.8 Å². The summed E-state index contributed by atoms with van der Waals surface area (Å²) in [5.41, 5.74) is 7.29. The Kier molecular flexibility index (Phi) is 3.57.